The molecule has 0 bridgehead atoms. The van der Waals surface area contributed by atoms with Crippen LogP contribution in [0.5, 0.6) is 0 Å². The Kier molecular flexibility index (Phi) is 2.79. The summed E-state index contributed by atoms with van der Waals surface area (Å²) in [5, 5.41) is 1.32. The van der Waals surface area contributed by atoms with Gasteiger partial charge in [0.25, 0.3) is 0 Å². The minimum Gasteiger partial charge on any atom is -0.399 e. The molecular weight excluding hydrogens is 228 g/mol. The van der Waals surface area contributed by atoms with Gasteiger partial charge in [-0.05, 0) is 37.0 Å². The van der Waals surface area contributed by atoms with Gasteiger partial charge in [-0.25, -0.2) is 4.98 Å². The van der Waals surface area contributed by atoms with Crippen molar-refractivity contribution in [2.45, 2.75) is 38.5 Å². The molecule has 2 N–H and O–H groups in total. The first-order valence-electron chi connectivity index (χ1n) is 6.38. The summed E-state index contributed by atoms with van der Waals surface area (Å²) >= 11 is 1.83. The molecule has 0 aliphatic heterocycles. The van der Waals surface area contributed by atoms with Gasteiger partial charge in [0.1, 0.15) is 0 Å². The number of hydrogen-bond acceptors (Lipinski definition) is 3. The van der Waals surface area contributed by atoms with Gasteiger partial charge >= 0.3 is 0 Å². The SMILES string of the molecule is CC1CCC(c2nc3ccc(N)cc3s2)CC1. The number of nitrogen functional groups attached to an aromatic ring is 1. The normalized spacial score (nSPS) is 25.2. The van der Waals surface area contributed by atoms with Crippen molar-refractivity contribution in [3.8, 4) is 0 Å². The average molecular weight is 246 g/mol. The summed E-state index contributed by atoms with van der Waals surface area (Å²) in [6, 6.07) is 6.02. The van der Waals surface area contributed by atoms with Crippen molar-refractivity contribution < 1.29 is 0 Å². The van der Waals surface area contributed by atoms with E-state index in [1.807, 2.05) is 29.5 Å². The molecule has 3 rings (SSSR count). The Morgan fingerprint density at radius 2 is 2.00 bits per heavy atom. The van der Waals surface area contributed by atoms with Gasteiger partial charge in [0, 0.05) is 11.6 Å². The van der Waals surface area contributed by atoms with E-state index in [0.29, 0.717) is 5.92 Å². The van der Waals surface area contributed by atoms with Crippen LogP contribution in [-0.4, -0.2) is 4.98 Å². The third-order valence-electron chi connectivity index (χ3n) is 3.79. The highest BCUT2D eigenvalue weighted by Gasteiger charge is 2.22. The smallest absolute Gasteiger partial charge is 0.0969 e. The fourth-order valence-electron chi connectivity index (χ4n) is 2.64. The van der Waals surface area contributed by atoms with Gasteiger partial charge in [0.15, 0.2) is 0 Å². The maximum atomic E-state index is 5.81. The summed E-state index contributed by atoms with van der Waals surface area (Å²) in [5.41, 5.74) is 7.76. The van der Waals surface area contributed by atoms with E-state index in [-0.39, 0.29) is 0 Å². The minimum absolute atomic E-state index is 0.685. The first-order valence-corrected chi connectivity index (χ1v) is 7.20. The molecule has 0 spiro atoms. The average Bonchev–Trinajstić information content (AvgIpc) is 2.72. The van der Waals surface area contributed by atoms with Gasteiger partial charge in [0.2, 0.25) is 0 Å². The molecule has 1 heterocycles. The van der Waals surface area contributed by atoms with Gasteiger partial charge in [-0.1, -0.05) is 19.8 Å². The Morgan fingerprint density at radius 3 is 2.76 bits per heavy atom. The van der Waals surface area contributed by atoms with Gasteiger partial charge in [-0.2, -0.15) is 0 Å². The number of benzene rings is 1. The molecule has 1 aromatic heterocycles. The highest BCUT2D eigenvalue weighted by Crippen LogP contribution is 2.38. The van der Waals surface area contributed by atoms with Crippen LogP contribution in [0.2, 0.25) is 0 Å². The fraction of sp³-hybridized carbons (Fsp3) is 0.500. The molecule has 1 aliphatic rings. The first kappa shape index (κ1) is 11.0. The zero-order chi connectivity index (χ0) is 11.8. The van der Waals surface area contributed by atoms with Gasteiger partial charge in [0.05, 0.1) is 15.2 Å². The van der Waals surface area contributed by atoms with Crippen molar-refractivity contribution in [3.05, 3.63) is 23.2 Å². The Bertz CT molecular complexity index is 524. The van der Waals surface area contributed by atoms with Crippen LogP contribution < -0.4 is 5.73 Å². The molecule has 1 aromatic carbocycles. The lowest BCUT2D eigenvalue weighted by molar-refractivity contribution is 0.347. The van der Waals surface area contributed by atoms with Crippen molar-refractivity contribution in [1.29, 1.82) is 0 Å². The number of aromatic nitrogens is 1. The number of hydrogen-bond donors (Lipinski definition) is 1. The Hall–Kier alpha value is -1.09. The van der Waals surface area contributed by atoms with Crippen LogP contribution in [0.1, 0.15) is 43.5 Å². The van der Waals surface area contributed by atoms with E-state index in [4.69, 9.17) is 10.7 Å². The summed E-state index contributed by atoms with van der Waals surface area (Å²) in [4.78, 5) is 4.77. The minimum atomic E-state index is 0.685. The molecule has 1 saturated carbocycles. The lowest BCUT2D eigenvalue weighted by atomic mass is 9.83. The summed E-state index contributed by atoms with van der Waals surface area (Å²) < 4.78 is 1.23. The fourth-order valence-corrected chi connectivity index (χ4v) is 3.83. The number of fused-ring (bicyclic) bond motifs is 1. The van der Waals surface area contributed by atoms with Crippen molar-refractivity contribution in [2.24, 2.45) is 5.92 Å². The molecule has 0 radical (unpaired) electrons. The first-order chi connectivity index (χ1) is 8.22. The second kappa shape index (κ2) is 4.30. The molecule has 2 aromatic rings. The number of rotatable bonds is 1. The quantitative estimate of drug-likeness (QED) is 0.767. The summed E-state index contributed by atoms with van der Waals surface area (Å²) in [7, 11) is 0. The predicted octanol–water partition coefficient (Wildman–Crippen LogP) is 4.17. The third kappa shape index (κ3) is 2.16. The van der Waals surface area contributed by atoms with Crippen molar-refractivity contribution >= 4 is 27.2 Å². The van der Waals surface area contributed by atoms with E-state index < -0.39 is 0 Å². The molecule has 0 atom stereocenters. The number of anilines is 1. The molecule has 17 heavy (non-hydrogen) atoms. The largest absolute Gasteiger partial charge is 0.399 e. The van der Waals surface area contributed by atoms with E-state index in [0.717, 1.165) is 17.1 Å². The molecule has 0 amide bonds. The standard InChI is InChI=1S/C14H18N2S/c1-9-2-4-10(5-3-9)14-16-12-7-6-11(15)8-13(12)17-14/h6-10H,2-5,15H2,1H3. The second-order valence-corrected chi connectivity index (χ2v) is 6.30. The van der Waals surface area contributed by atoms with Crippen LogP contribution >= 0.6 is 11.3 Å². The Morgan fingerprint density at radius 1 is 1.24 bits per heavy atom. The van der Waals surface area contributed by atoms with Crippen molar-refractivity contribution in [3.63, 3.8) is 0 Å². The van der Waals surface area contributed by atoms with Crippen LogP contribution in [-0.2, 0) is 0 Å². The van der Waals surface area contributed by atoms with Crippen molar-refractivity contribution in [2.75, 3.05) is 5.73 Å². The van der Waals surface area contributed by atoms with E-state index in [9.17, 15) is 0 Å². The zero-order valence-electron chi connectivity index (χ0n) is 10.1. The van der Waals surface area contributed by atoms with E-state index in [1.165, 1.54) is 35.4 Å². The molecule has 0 saturated heterocycles. The molecule has 2 nitrogen and oxygen atoms in total. The topological polar surface area (TPSA) is 38.9 Å². The van der Waals surface area contributed by atoms with Crippen LogP contribution in [0.25, 0.3) is 10.2 Å². The van der Waals surface area contributed by atoms with Gasteiger partial charge in [-0.15, -0.1) is 11.3 Å². The van der Waals surface area contributed by atoms with Crippen LogP contribution in [0.4, 0.5) is 5.69 Å². The Balaban J connectivity index is 1.90. The summed E-state index contributed by atoms with van der Waals surface area (Å²) in [5.74, 6) is 1.58. The maximum Gasteiger partial charge on any atom is 0.0969 e. The molecule has 3 heteroatoms. The van der Waals surface area contributed by atoms with Gasteiger partial charge < -0.3 is 5.73 Å². The van der Waals surface area contributed by atoms with Crippen LogP contribution in [0.15, 0.2) is 18.2 Å². The Labute approximate surface area is 106 Å². The highest BCUT2D eigenvalue weighted by molar-refractivity contribution is 7.18. The van der Waals surface area contributed by atoms with E-state index in [1.54, 1.807) is 0 Å². The monoisotopic (exact) mass is 246 g/mol. The predicted molar refractivity (Wildman–Crippen MR) is 74.4 cm³/mol. The highest BCUT2D eigenvalue weighted by atomic mass is 32.1. The molecule has 1 fully saturated rings. The maximum absolute atomic E-state index is 5.81. The summed E-state index contributed by atoms with van der Waals surface area (Å²) in [6.45, 7) is 2.36. The lowest BCUT2D eigenvalue weighted by Crippen LogP contribution is -2.10. The molecule has 0 unspecified atom stereocenters. The number of thiazole rings is 1. The number of nitrogens with zero attached hydrogens (tertiary/aromatic N) is 1. The van der Waals surface area contributed by atoms with E-state index >= 15 is 0 Å². The molecule has 1 aliphatic carbocycles. The van der Waals surface area contributed by atoms with Crippen LogP contribution in [0.3, 0.4) is 0 Å². The number of nitrogens with two attached hydrogens (primary N) is 1. The second-order valence-electron chi connectivity index (χ2n) is 5.24. The lowest BCUT2D eigenvalue weighted by Gasteiger charge is -2.24. The van der Waals surface area contributed by atoms with E-state index in [2.05, 4.69) is 6.92 Å². The van der Waals surface area contributed by atoms with Crippen LogP contribution in [0, 0.1) is 5.92 Å². The summed E-state index contributed by atoms with van der Waals surface area (Å²) in [6.07, 6.45) is 5.30. The van der Waals surface area contributed by atoms with Crippen molar-refractivity contribution in [1.82, 2.24) is 4.98 Å². The third-order valence-corrected chi connectivity index (χ3v) is 4.97. The molecule has 90 valence electrons. The van der Waals surface area contributed by atoms with Gasteiger partial charge in [-0.3, -0.25) is 0 Å². The molecular formula is C14H18N2S. The zero-order valence-corrected chi connectivity index (χ0v) is 11.0.